The van der Waals surface area contributed by atoms with Crippen molar-refractivity contribution in [1.82, 2.24) is 0 Å². The second kappa shape index (κ2) is 6.53. The van der Waals surface area contributed by atoms with Gasteiger partial charge in [0, 0.05) is 12.1 Å². The van der Waals surface area contributed by atoms with Crippen LogP contribution in [0.1, 0.15) is 11.1 Å². The quantitative estimate of drug-likeness (QED) is 0.587. The van der Waals surface area contributed by atoms with Crippen LogP contribution in [0.2, 0.25) is 0 Å². The number of rotatable bonds is 4. The van der Waals surface area contributed by atoms with Crippen molar-refractivity contribution in [3.63, 3.8) is 0 Å². The lowest BCUT2D eigenvalue weighted by atomic mass is 10.1. The molecular weight excluding hydrogens is 336 g/mol. The summed E-state index contributed by atoms with van der Waals surface area (Å²) in [6, 6.07) is -0.0646. The van der Waals surface area contributed by atoms with Crippen LogP contribution < -0.4 is 0 Å². The minimum Gasteiger partial charge on any atom is -0.372 e. The Morgan fingerprint density at radius 2 is 0.783 bits per heavy atom. The molecule has 0 amide bonds. The maximum atomic E-state index is 13.3. The molecule has 0 bridgehead atoms. The smallest absolute Gasteiger partial charge is 0.167 e. The molecule has 124 valence electrons. The molecule has 0 fully saturated rings. The Morgan fingerprint density at radius 3 is 1.04 bits per heavy atom. The lowest BCUT2D eigenvalue weighted by Crippen LogP contribution is -2.08. The van der Waals surface area contributed by atoms with Crippen molar-refractivity contribution in [2.75, 3.05) is 0 Å². The predicted molar refractivity (Wildman–Crippen MR) is 61.0 cm³/mol. The molecule has 2 aromatic carbocycles. The summed E-state index contributed by atoms with van der Waals surface area (Å²) in [6.45, 7) is -2.24. The predicted octanol–water partition coefficient (Wildman–Crippen LogP) is 4.52. The van der Waals surface area contributed by atoms with Gasteiger partial charge in [0.1, 0.15) is 0 Å². The Morgan fingerprint density at radius 1 is 0.522 bits per heavy atom. The molecule has 2 rings (SSSR count). The lowest BCUT2D eigenvalue weighted by molar-refractivity contribution is 0.0952. The molecule has 1 nitrogen and oxygen atoms in total. The van der Waals surface area contributed by atoms with Crippen LogP contribution in [0.4, 0.5) is 35.1 Å². The first-order chi connectivity index (χ1) is 10.7. The van der Waals surface area contributed by atoms with Crippen molar-refractivity contribution >= 4 is 0 Å². The molecule has 2 aromatic rings. The Bertz CT molecular complexity index is 643. The zero-order valence-corrected chi connectivity index (χ0v) is 11.0. The third-order valence-electron chi connectivity index (χ3n) is 2.90. The van der Waals surface area contributed by atoms with Crippen LogP contribution in [-0.4, -0.2) is 0 Å². The third-order valence-corrected chi connectivity index (χ3v) is 2.90. The normalized spacial score (nSPS) is 11.1. The molecule has 0 saturated heterocycles. The van der Waals surface area contributed by atoms with Gasteiger partial charge in [0.15, 0.2) is 46.5 Å². The molecule has 0 aliphatic heterocycles. The van der Waals surface area contributed by atoms with Crippen LogP contribution >= 0.6 is 0 Å². The minimum absolute atomic E-state index is 0.0323. The summed E-state index contributed by atoms with van der Waals surface area (Å²) in [7, 11) is 0. The van der Waals surface area contributed by atoms with E-state index in [1.165, 1.54) is 0 Å². The fourth-order valence-corrected chi connectivity index (χ4v) is 1.75. The van der Waals surface area contributed by atoms with Crippen LogP contribution in [0.15, 0.2) is 12.1 Å². The second-order valence-electron chi connectivity index (χ2n) is 4.39. The standard InChI is InChI=1S/C14H6F8O/c15-7-1-8(16)12(20)5(11(7)19)3-23-4-6-13(21)9(17)2-10(18)14(6)22/h1-2H,3-4H2. The molecular formula is C14H6F8O. The molecule has 0 N–H and O–H groups in total. The number of benzene rings is 2. The molecule has 9 heteroatoms. The topological polar surface area (TPSA) is 9.23 Å². The Labute approximate surface area is 124 Å². The van der Waals surface area contributed by atoms with E-state index in [0.717, 1.165) is 0 Å². The van der Waals surface area contributed by atoms with Gasteiger partial charge in [0.2, 0.25) is 0 Å². The highest BCUT2D eigenvalue weighted by atomic mass is 19.2. The minimum atomic E-state index is -1.75. The van der Waals surface area contributed by atoms with Crippen molar-refractivity contribution < 1.29 is 39.9 Å². The van der Waals surface area contributed by atoms with E-state index < -0.39 is 70.9 Å². The molecule has 0 heterocycles. The SMILES string of the molecule is Fc1cc(F)c(F)c(COCc2c(F)c(F)cc(F)c2F)c1F. The Balaban J connectivity index is 2.22. The Kier molecular flexibility index (Phi) is 4.88. The van der Waals surface area contributed by atoms with Crippen molar-refractivity contribution in [2.24, 2.45) is 0 Å². The van der Waals surface area contributed by atoms with Gasteiger partial charge in [-0.2, -0.15) is 0 Å². The monoisotopic (exact) mass is 342 g/mol. The molecule has 23 heavy (non-hydrogen) atoms. The van der Waals surface area contributed by atoms with E-state index in [0.29, 0.717) is 0 Å². The number of hydrogen-bond acceptors (Lipinski definition) is 1. The Hall–Kier alpha value is -2.16. The number of ether oxygens (including phenoxy) is 1. The largest absolute Gasteiger partial charge is 0.372 e. The van der Waals surface area contributed by atoms with Crippen molar-refractivity contribution in [1.29, 1.82) is 0 Å². The molecule has 0 unspecified atom stereocenters. The van der Waals surface area contributed by atoms with E-state index >= 15 is 0 Å². The van der Waals surface area contributed by atoms with E-state index in [2.05, 4.69) is 4.74 Å². The average Bonchev–Trinajstić information content (AvgIpc) is 2.49. The fraction of sp³-hybridized carbons (Fsp3) is 0.143. The van der Waals surface area contributed by atoms with Crippen LogP contribution in [0.25, 0.3) is 0 Å². The molecule has 0 atom stereocenters. The summed E-state index contributed by atoms with van der Waals surface area (Å²) in [5.41, 5.74) is -2.33. The van der Waals surface area contributed by atoms with E-state index in [1.807, 2.05) is 0 Å². The molecule has 0 aliphatic carbocycles. The first-order valence-corrected chi connectivity index (χ1v) is 5.95. The van der Waals surface area contributed by atoms with E-state index in [4.69, 9.17) is 0 Å². The summed E-state index contributed by atoms with van der Waals surface area (Å²) in [6.07, 6.45) is 0. The summed E-state index contributed by atoms with van der Waals surface area (Å²) < 4.78 is 110. The van der Waals surface area contributed by atoms with Crippen molar-refractivity contribution in [3.8, 4) is 0 Å². The maximum absolute atomic E-state index is 13.3. The van der Waals surface area contributed by atoms with E-state index in [-0.39, 0.29) is 12.1 Å². The first kappa shape index (κ1) is 17.2. The summed E-state index contributed by atoms with van der Waals surface area (Å²) >= 11 is 0. The summed E-state index contributed by atoms with van der Waals surface area (Å²) in [4.78, 5) is 0. The van der Waals surface area contributed by atoms with Crippen LogP contribution in [-0.2, 0) is 18.0 Å². The zero-order chi connectivity index (χ0) is 17.3. The molecule has 0 spiro atoms. The maximum Gasteiger partial charge on any atom is 0.167 e. The average molecular weight is 342 g/mol. The summed E-state index contributed by atoms with van der Waals surface area (Å²) in [5, 5.41) is 0. The number of hydrogen-bond donors (Lipinski definition) is 0. The van der Waals surface area contributed by atoms with Crippen molar-refractivity contribution in [2.45, 2.75) is 13.2 Å². The lowest BCUT2D eigenvalue weighted by Gasteiger charge is -2.10. The van der Waals surface area contributed by atoms with Gasteiger partial charge in [-0.15, -0.1) is 0 Å². The first-order valence-electron chi connectivity index (χ1n) is 5.95. The highest BCUT2D eigenvalue weighted by Gasteiger charge is 2.21. The van der Waals surface area contributed by atoms with Crippen LogP contribution in [0, 0.1) is 46.5 Å². The van der Waals surface area contributed by atoms with Gasteiger partial charge in [-0.05, 0) is 0 Å². The van der Waals surface area contributed by atoms with E-state index in [9.17, 15) is 35.1 Å². The highest BCUT2D eigenvalue weighted by Crippen LogP contribution is 2.23. The van der Waals surface area contributed by atoms with Crippen LogP contribution in [0.3, 0.4) is 0 Å². The van der Waals surface area contributed by atoms with Gasteiger partial charge in [0.25, 0.3) is 0 Å². The van der Waals surface area contributed by atoms with Crippen molar-refractivity contribution in [3.05, 3.63) is 69.8 Å². The number of halogens is 8. The van der Waals surface area contributed by atoms with Gasteiger partial charge in [0.05, 0.1) is 24.3 Å². The third kappa shape index (κ3) is 3.29. The summed E-state index contributed by atoms with van der Waals surface area (Å²) in [5.74, 6) is -13.8. The molecule has 0 radical (unpaired) electrons. The second-order valence-corrected chi connectivity index (χ2v) is 4.39. The van der Waals surface area contributed by atoms with Crippen LogP contribution in [0.5, 0.6) is 0 Å². The van der Waals surface area contributed by atoms with Gasteiger partial charge >= 0.3 is 0 Å². The molecule has 0 aromatic heterocycles. The molecule has 0 aliphatic rings. The van der Waals surface area contributed by atoms with Gasteiger partial charge in [-0.3, -0.25) is 0 Å². The van der Waals surface area contributed by atoms with Gasteiger partial charge < -0.3 is 4.74 Å². The highest BCUT2D eigenvalue weighted by molar-refractivity contribution is 5.23. The van der Waals surface area contributed by atoms with Gasteiger partial charge in [-0.1, -0.05) is 0 Å². The van der Waals surface area contributed by atoms with Gasteiger partial charge in [-0.25, -0.2) is 35.1 Å². The fourth-order valence-electron chi connectivity index (χ4n) is 1.75. The zero-order valence-electron chi connectivity index (χ0n) is 11.0. The molecule has 0 saturated carbocycles. The van der Waals surface area contributed by atoms with E-state index in [1.54, 1.807) is 0 Å².